The van der Waals surface area contributed by atoms with Crippen LogP contribution in [0.25, 0.3) is 0 Å². The third-order valence-electron chi connectivity index (χ3n) is 3.26. The van der Waals surface area contributed by atoms with Gasteiger partial charge in [-0.3, -0.25) is 4.79 Å². The SMILES string of the molecule is O=C(NCC1(O)CCOCC1)c1cccc(O)c1O. The summed E-state index contributed by atoms with van der Waals surface area (Å²) in [5.74, 6) is -1.34. The van der Waals surface area contributed by atoms with Crippen LogP contribution < -0.4 is 5.32 Å². The second-order valence-corrected chi connectivity index (χ2v) is 4.69. The molecule has 6 heteroatoms. The molecule has 0 saturated carbocycles. The quantitative estimate of drug-likeness (QED) is 0.593. The Bertz CT molecular complexity index is 468. The van der Waals surface area contributed by atoms with Crippen LogP contribution in [0.3, 0.4) is 0 Å². The minimum atomic E-state index is -0.972. The van der Waals surface area contributed by atoms with Crippen LogP contribution in [0.2, 0.25) is 0 Å². The van der Waals surface area contributed by atoms with Crippen LogP contribution in [0, 0.1) is 0 Å². The molecule has 0 radical (unpaired) electrons. The molecule has 4 N–H and O–H groups in total. The van der Waals surface area contributed by atoms with Gasteiger partial charge in [-0.05, 0) is 12.1 Å². The molecule has 19 heavy (non-hydrogen) atoms. The highest BCUT2D eigenvalue weighted by Crippen LogP contribution is 2.28. The minimum Gasteiger partial charge on any atom is -0.504 e. The first kappa shape index (κ1) is 13.6. The summed E-state index contributed by atoms with van der Waals surface area (Å²) in [7, 11) is 0. The summed E-state index contributed by atoms with van der Waals surface area (Å²) in [5, 5.41) is 31.6. The van der Waals surface area contributed by atoms with Crippen LogP contribution in [-0.2, 0) is 4.74 Å². The molecule has 6 nitrogen and oxygen atoms in total. The molecule has 0 unspecified atom stereocenters. The van der Waals surface area contributed by atoms with Gasteiger partial charge < -0.3 is 25.4 Å². The smallest absolute Gasteiger partial charge is 0.255 e. The van der Waals surface area contributed by atoms with Crippen LogP contribution in [0.1, 0.15) is 23.2 Å². The summed E-state index contributed by atoms with van der Waals surface area (Å²) < 4.78 is 5.15. The van der Waals surface area contributed by atoms with E-state index in [1.54, 1.807) is 0 Å². The summed E-state index contributed by atoms with van der Waals surface area (Å²) in [6.45, 7) is 1.01. The van der Waals surface area contributed by atoms with Crippen LogP contribution >= 0.6 is 0 Å². The first-order valence-corrected chi connectivity index (χ1v) is 6.11. The lowest BCUT2D eigenvalue weighted by atomic mass is 9.94. The second kappa shape index (κ2) is 5.46. The number of ether oxygens (including phenoxy) is 1. The first-order chi connectivity index (χ1) is 9.02. The number of hydrogen-bond donors (Lipinski definition) is 4. The van der Waals surface area contributed by atoms with E-state index in [1.807, 2.05) is 0 Å². The van der Waals surface area contributed by atoms with Crippen LogP contribution in [0.4, 0.5) is 0 Å². The Balaban J connectivity index is 1.99. The van der Waals surface area contributed by atoms with Gasteiger partial charge in [0.1, 0.15) is 0 Å². The fourth-order valence-corrected chi connectivity index (χ4v) is 1.98. The fraction of sp³-hybridized carbons (Fsp3) is 0.462. The van der Waals surface area contributed by atoms with Gasteiger partial charge in [0.25, 0.3) is 5.91 Å². The van der Waals surface area contributed by atoms with Crippen molar-refractivity contribution in [2.45, 2.75) is 18.4 Å². The highest BCUT2D eigenvalue weighted by Gasteiger charge is 2.30. The Morgan fingerprint density at radius 2 is 2.00 bits per heavy atom. The Morgan fingerprint density at radius 1 is 1.32 bits per heavy atom. The van der Waals surface area contributed by atoms with Gasteiger partial charge >= 0.3 is 0 Å². The van der Waals surface area contributed by atoms with Gasteiger partial charge in [0.2, 0.25) is 0 Å². The van der Waals surface area contributed by atoms with Gasteiger partial charge in [0, 0.05) is 32.6 Å². The van der Waals surface area contributed by atoms with Crippen LogP contribution in [0.5, 0.6) is 11.5 Å². The maximum absolute atomic E-state index is 11.9. The zero-order chi connectivity index (χ0) is 13.9. The Labute approximate surface area is 110 Å². The average Bonchev–Trinajstić information content (AvgIpc) is 2.40. The average molecular weight is 267 g/mol. The van der Waals surface area contributed by atoms with Crippen LogP contribution in [0.15, 0.2) is 18.2 Å². The number of carbonyl (C=O) groups is 1. The third-order valence-corrected chi connectivity index (χ3v) is 3.26. The van der Waals surface area contributed by atoms with Gasteiger partial charge in [0.15, 0.2) is 11.5 Å². The zero-order valence-electron chi connectivity index (χ0n) is 10.4. The molecule has 0 bridgehead atoms. The molecular formula is C13H17NO5. The highest BCUT2D eigenvalue weighted by molar-refractivity contribution is 5.97. The molecule has 0 aromatic heterocycles. The van der Waals surface area contributed by atoms with E-state index in [1.165, 1.54) is 18.2 Å². The number of nitrogens with one attached hydrogen (secondary N) is 1. The Morgan fingerprint density at radius 3 is 2.68 bits per heavy atom. The number of phenols is 2. The number of rotatable bonds is 3. The van der Waals surface area contributed by atoms with E-state index in [2.05, 4.69) is 5.32 Å². The van der Waals surface area contributed by atoms with Crippen molar-refractivity contribution < 1.29 is 24.9 Å². The number of para-hydroxylation sites is 1. The Hall–Kier alpha value is -1.79. The van der Waals surface area contributed by atoms with Crippen LogP contribution in [-0.4, -0.2) is 46.6 Å². The molecule has 1 aromatic rings. The lowest BCUT2D eigenvalue weighted by Crippen LogP contribution is -2.46. The highest BCUT2D eigenvalue weighted by atomic mass is 16.5. The molecule has 0 aliphatic carbocycles. The minimum absolute atomic E-state index is 0.0179. The fourth-order valence-electron chi connectivity index (χ4n) is 1.98. The summed E-state index contributed by atoms with van der Waals surface area (Å²) in [5.41, 5.74) is -0.990. The maximum Gasteiger partial charge on any atom is 0.255 e. The number of phenolic OH excluding ortho intramolecular Hbond substituents is 2. The summed E-state index contributed by atoms with van der Waals surface area (Å²) >= 11 is 0. The number of hydrogen-bond acceptors (Lipinski definition) is 5. The topological polar surface area (TPSA) is 99.0 Å². The molecule has 1 aliphatic rings. The lowest BCUT2D eigenvalue weighted by Gasteiger charge is -2.32. The van der Waals surface area contributed by atoms with E-state index in [0.717, 1.165) is 0 Å². The molecule has 1 saturated heterocycles. The van der Waals surface area contributed by atoms with Crippen molar-refractivity contribution in [3.05, 3.63) is 23.8 Å². The van der Waals surface area contributed by atoms with E-state index in [9.17, 15) is 20.1 Å². The predicted octanol–water partition coefficient (Wildman–Crippen LogP) is 0.369. The van der Waals surface area contributed by atoms with Gasteiger partial charge in [-0.25, -0.2) is 0 Å². The first-order valence-electron chi connectivity index (χ1n) is 6.11. The third kappa shape index (κ3) is 3.15. The molecule has 0 atom stereocenters. The van der Waals surface area contributed by atoms with E-state index in [4.69, 9.17) is 4.74 Å². The molecule has 1 aliphatic heterocycles. The number of aromatic hydroxyl groups is 2. The normalized spacial score (nSPS) is 17.9. The monoisotopic (exact) mass is 267 g/mol. The largest absolute Gasteiger partial charge is 0.504 e. The molecular weight excluding hydrogens is 250 g/mol. The molecule has 1 amide bonds. The lowest BCUT2D eigenvalue weighted by molar-refractivity contribution is -0.0605. The number of aliphatic hydroxyl groups is 1. The van der Waals surface area contributed by atoms with Gasteiger partial charge in [0.05, 0.1) is 11.2 Å². The van der Waals surface area contributed by atoms with E-state index in [0.29, 0.717) is 26.1 Å². The van der Waals surface area contributed by atoms with E-state index >= 15 is 0 Å². The van der Waals surface area contributed by atoms with Crippen molar-refractivity contribution in [3.8, 4) is 11.5 Å². The van der Waals surface area contributed by atoms with Crippen molar-refractivity contribution >= 4 is 5.91 Å². The molecule has 1 aromatic carbocycles. The molecule has 1 heterocycles. The molecule has 104 valence electrons. The predicted molar refractivity (Wildman–Crippen MR) is 67.1 cm³/mol. The maximum atomic E-state index is 11.9. The van der Waals surface area contributed by atoms with Crippen molar-refractivity contribution in [2.75, 3.05) is 19.8 Å². The standard InChI is InChI=1S/C13H17NO5/c15-10-3-1-2-9(11(10)16)12(17)14-8-13(18)4-6-19-7-5-13/h1-3,15-16,18H,4-8H2,(H,14,17). The van der Waals surface area contributed by atoms with E-state index in [-0.39, 0.29) is 17.9 Å². The Kier molecular flexibility index (Phi) is 3.92. The van der Waals surface area contributed by atoms with Crippen molar-refractivity contribution in [1.82, 2.24) is 5.32 Å². The second-order valence-electron chi connectivity index (χ2n) is 4.69. The number of benzene rings is 1. The number of amides is 1. The van der Waals surface area contributed by atoms with Crippen molar-refractivity contribution in [1.29, 1.82) is 0 Å². The molecule has 1 fully saturated rings. The van der Waals surface area contributed by atoms with E-state index < -0.39 is 17.3 Å². The van der Waals surface area contributed by atoms with Crippen molar-refractivity contribution in [2.24, 2.45) is 0 Å². The van der Waals surface area contributed by atoms with Gasteiger partial charge in [-0.15, -0.1) is 0 Å². The molecule has 0 spiro atoms. The zero-order valence-corrected chi connectivity index (χ0v) is 10.4. The van der Waals surface area contributed by atoms with Gasteiger partial charge in [-0.2, -0.15) is 0 Å². The number of carbonyl (C=O) groups excluding carboxylic acids is 1. The van der Waals surface area contributed by atoms with Crippen molar-refractivity contribution in [3.63, 3.8) is 0 Å². The van der Waals surface area contributed by atoms with Gasteiger partial charge in [-0.1, -0.05) is 6.07 Å². The molecule has 2 rings (SSSR count). The summed E-state index contributed by atoms with van der Waals surface area (Å²) in [6, 6.07) is 4.16. The summed E-state index contributed by atoms with van der Waals surface area (Å²) in [4.78, 5) is 11.9. The summed E-state index contributed by atoms with van der Waals surface area (Å²) in [6.07, 6.45) is 0.915.